The lowest BCUT2D eigenvalue weighted by Crippen LogP contribution is -2.30. The van der Waals surface area contributed by atoms with E-state index in [4.69, 9.17) is 11.6 Å². The highest BCUT2D eigenvalue weighted by molar-refractivity contribution is 6.30. The summed E-state index contributed by atoms with van der Waals surface area (Å²) in [6, 6.07) is 8.11. The van der Waals surface area contributed by atoms with Gasteiger partial charge in [0, 0.05) is 23.7 Å². The highest BCUT2D eigenvalue weighted by atomic mass is 35.5. The normalized spacial score (nSPS) is 19.1. The second kappa shape index (κ2) is 4.17. The Balaban J connectivity index is 2.05. The number of nitrogens with one attached hydrogen (secondary N) is 2. The zero-order valence-corrected chi connectivity index (χ0v) is 10.4. The van der Waals surface area contributed by atoms with Crippen LogP contribution in [0.4, 0.5) is 0 Å². The van der Waals surface area contributed by atoms with Gasteiger partial charge in [0.1, 0.15) is 5.82 Å². The average Bonchev–Trinajstić information content (AvgIpc) is 2.68. The Morgan fingerprint density at radius 1 is 1.41 bits per heavy atom. The third-order valence-electron chi connectivity index (χ3n) is 3.11. The van der Waals surface area contributed by atoms with Crippen LogP contribution in [0.15, 0.2) is 24.3 Å². The standard InChI is InChI=1S/C13H14ClN3/c1-8-16-11-5-6-15-12(13(11)17-8)9-3-2-4-10(14)7-9/h2-4,7,12,15H,5-6H2,1H3,(H,16,17). The van der Waals surface area contributed by atoms with E-state index in [9.17, 15) is 0 Å². The molecule has 0 radical (unpaired) electrons. The summed E-state index contributed by atoms with van der Waals surface area (Å²) in [7, 11) is 0. The van der Waals surface area contributed by atoms with Crippen LogP contribution in [0.1, 0.15) is 28.8 Å². The van der Waals surface area contributed by atoms with Gasteiger partial charge in [-0.1, -0.05) is 23.7 Å². The molecule has 0 saturated heterocycles. The van der Waals surface area contributed by atoms with Crippen molar-refractivity contribution in [1.29, 1.82) is 0 Å². The number of nitrogens with zero attached hydrogens (tertiary/aromatic N) is 1. The third kappa shape index (κ3) is 1.96. The molecule has 3 rings (SSSR count). The van der Waals surface area contributed by atoms with E-state index in [1.165, 1.54) is 11.3 Å². The molecule has 1 aliphatic rings. The maximum Gasteiger partial charge on any atom is 0.103 e. The summed E-state index contributed by atoms with van der Waals surface area (Å²) in [5.41, 5.74) is 3.52. The molecule has 0 aliphatic carbocycles. The molecule has 1 aromatic carbocycles. The maximum absolute atomic E-state index is 6.04. The van der Waals surface area contributed by atoms with Gasteiger partial charge >= 0.3 is 0 Å². The Labute approximate surface area is 105 Å². The first-order chi connectivity index (χ1) is 8.24. The van der Waals surface area contributed by atoms with Crippen LogP contribution in [0.5, 0.6) is 0 Å². The molecule has 1 unspecified atom stereocenters. The van der Waals surface area contributed by atoms with Gasteiger partial charge in [-0.25, -0.2) is 4.98 Å². The van der Waals surface area contributed by atoms with E-state index < -0.39 is 0 Å². The van der Waals surface area contributed by atoms with E-state index in [1.54, 1.807) is 0 Å². The molecule has 2 N–H and O–H groups in total. The van der Waals surface area contributed by atoms with Crippen molar-refractivity contribution in [3.63, 3.8) is 0 Å². The molecule has 17 heavy (non-hydrogen) atoms. The summed E-state index contributed by atoms with van der Waals surface area (Å²) in [4.78, 5) is 7.90. The molecule has 0 saturated carbocycles. The van der Waals surface area contributed by atoms with Crippen LogP contribution in [0, 0.1) is 6.92 Å². The molecule has 1 aromatic heterocycles. The second-order valence-electron chi connectivity index (χ2n) is 4.38. The highest BCUT2D eigenvalue weighted by Crippen LogP contribution is 2.28. The molecule has 0 bridgehead atoms. The van der Waals surface area contributed by atoms with Crippen molar-refractivity contribution >= 4 is 11.6 Å². The number of halogens is 1. The fourth-order valence-electron chi connectivity index (χ4n) is 2.39. The fourth-order valence-corrected chi connectivity index (χ4v) is 2.59. The number of imidazole rings is 1. The Morgan fingerprint density at radius 2 is 2.29 bits per heavy atom. The molecule has 2 heterocycles. The van der Waals surface area contributed by atoms with Gasteiger partial charge in [-0.15, -0.1) is 0 Å². The Hall–Kier alpha value is -1.32. The molecule has 88 valence electrons. The van der Waals surface area contributed by atoms with E-state index in [0.29, 0.717) is 0 Å². The smallest absolute Gasteiger partial charge is 0.103 e. The fraction of sp³-hybridized carbons (Fsp3) is 0.308. The summed E-state index contributed by atoms with van der Waals surface area (Å²) in [5.74, 6) is 0.978. The summed E-state index contributed by atoms with van der Waals surface area (Å²) in [5, 5.41) is 4.26. The number of hydrogen-bond acceptors (Lipinski definition) is 2. The molecule has 0 fully saturated rings. The lowest BCUT2D eigenvalue weighted by molar-refractivity contribution is 0.553. The number of aromatic nitrogens is 2. The van der Waals surface area contributed by atoms with Crippen molar-refractivity contribution in [1.82, 2.24) is 15.3 Å². The lowest BCUT2D eigenvalue weighted by atomic mass is 9.98. The Bertz CT molecular complexity index is 547. The molecule has 1 aliphatic heterocycles. The van der Waals surface area contributed by atoms with Crippen LogP contribution < -0.4 is 5.32 Å². The molecule has 1 atom stereocenters. The first-order valence-corrected chi connectivity index (χ1v) is 6.16. The predicted octanol–water partition coefficient (Wildman–Crippen LogP) is 2.61. The minimum absolute atomic E-state index is 0.155. The van der Waals surface area contributed by atoms with Gasteiger partial charge in [0.15, 0.2) is 0 Å². The van der Waals surface area contributed by atoms with E-state index in [0.717, 1.165) is 29.5 Å². The quantitative estimate of drug-likeness (QED) is 0.813. The Kier molecular flexibility index (Phi) is 2.65. The van der Waals surface area contributed by atoms with E-state index in [-0.39, 0.29) is 6.04 Å². The number of hydrogen-bond donors (Lipinski definition) is 2. The average molecular weight is 248 g/mol. The number of aromatic amines is 1. The third-order valence-corrected chi connectivity index (χ3v) is 3.34. The number of rotatable bonds is 1. The zero-order chi connectivity index (χ0) is 11.8. The minimum atomic E-state index is 0.155. The van der Waals surface area contributed by atoms with Crippen LogP contribution in [0.25, 0.3) is 0 Å². The van der Waals surface area contributed by atoms with Gasteiger partial charge in [0.05, 0.1) is 11.7 Å². The summed E-state index contributed by atoms with van der Waals surface area (Å²) in [6.07, 6.45) is 1.01. The maximum atomic E-state index is 6.04. The van der Waals surface area contributed by atoms with Crippen LogP contribution in [0.2, 0.25) is 5.02 Å². The topological polar surface area (TPSA) is 40.7 Å². The van der Waals surface area contributed by atoms with Gasteiger partial charge in [-0.2, -0.15) is 0 Å². The van der Waals surface area contributed by atoms with Gasteiger partial charge in [0.2, 0.25) is 0 Å². The van der Waals surface area contributed by atoms with Crippen LogP contribution in [-0.2, 0) is 6.42 Å². The summed E-state index contributed by atoms with van der Waals surface area (Å²) >= 11 is 6.04. The van der Waals surface area contributed by atoms with Crippen molar-refractivity contribution in [2.75, 3.05) is 6.54 Å². The second-order valence-corrected chi connectivity index (χ2v) is 4.81. The van der Waals surface area contributed by atoms with E-state index >= 15 is 0 Å². The van der Waals surface area contributed by atoms with Crippen LogP contribution >= 0.6 is 11.6 Å². The minimum Gasteiger partial charge on any atom is -0.346 e. The van der Waals surface area contributed by atoms with Gasteiger partial charge in [0.25, 0.3) is 0 Å². The monoisotopic (exact) mass is 247 g/mol. The van der Waals surface area contributed by atoms with Gasteiger partial charge in [-0.05, 0) is 24.6 Å². The van der Waals surface area contributed by atoms with E-state index in [1.807, 2.05) is 25.1 Å². The van der Waals surface area contributed by atoms with Crippen molar-refractivity contribution in [3.05, 3.63) is 52.1 Å². The summed E-state index contributed by atoms with van der Waals surface area (Å²) < 4.78 is 0. The largest absolute Gasteiger partial charge is 0.346 e. The van der Waals surface area contributed by atoms with Gasteiger partial charge < -0.3 is 10.3 Å². The summed E-state index contributed by atoms with van der Waals surface area (Å²) in [6.45, 7) is 2.96. The first kappa shape index (κ1) is 10.8. The van der Waals surface area contributed by atoms with Crippen molar-refractivity contribution in [2.45, 2.75) is 19.4 Å². The Morgan fingerprint density at radius 3 is 3.12 bits per heavy atom. The highest BCUT2D eigenvalue weighted by Gasteiger charge is 2.24. The lowest BCUT2D eigenvalue weighted by Gasteiger charge is -2.23. The molecule has 0 amide bonds. The molecular formula is C13H14ClN3. The van der Waals surface area contributed by atoms with Crippen molar-refractivity contribution in [2.24, 2.45) is 0 Å². The van der Waals surface area contributed by atoms with Crippen LogP contribution in [0.3, 0.4) is 0 Å². The molecule has 2 aromatic rings. The van der Waals surface area contributed by atoms with Gasteiger partial charge in [-0.3, -0.25) is 0 Å². The SMILES string of the molecule is Cc1nc2c([nH]1)CCNC2c1cccc(Cl)c1. The molecule has 3 nitrogen and oxygen atoms in total. The van der Waals surface area contributed by atoms with E-state index in [2.05, 4.69) is 21.4 Å². The first-order valence-electron chi connectivity index (χ1n) is 5.78. The molecule has 0 spiro atoms. The van der Waals surface area contributed by atoms with Crippen molar-refractivity contribution < 1.29 is 0 Å². The molecule has 4 heteroatoms. The van der Waals surface area contributed by atoms with Crippen molar-refractivity contribution in [3.8, 4) is 0 Å². The number of fused-ring (bicyclic) bond motifs is 1. The van der Waals surface area contributed by atoms with Crippen LogP contribution in [-0.4, -0.2) is 16.5 Å². The number of H-pyrrole nitrogens is 1. The zero-order valence-electron chi connectivity index (χ0n) is 9.63. The molecular weight excluding hydrogens is 234 g/mol. The number of aryl methyl sites for hydroxylation is 1. The number of benzene rings is 1. The predicted molar refractivity (Wildman–Crippen MR) is 68.3 cm³/mol.